The summed E-state index contributed by atoms with van der Waals surface area (Å²) in [5.41, 5.74) is 3.92. The zero-order valence-electron chi connectivity index (χ0n) is 10.4. The molecule has 0 spiro atoms. The Morgan fingerprint density at radius 2 is 1.65 bits per heavy atom. The molecular weight excluding hydrogens is 226 g/mol. The standard InChI is InChI=1S/C11H19NO5/c1-4-16-9(14)6-7-11(12,8(3)13)10(15)17-5-2/h4-7,12H2,1-3H3. The highest BCUT2D eigenvalue weighted by Crippen LogP contribution is 2.14. The molecule has 0 radical (unpaired) electrons. The lowest BCUT2D eigenvalue weighted by Crippen LogP contribution is -2.55. The van der Waals surface area contributed by atoms with Crippen LogP contribution in [0.5, 0.6) is 0 Å². The molecule has 0 saturated carbocycles. The number of carbonyl (C=O) groups excluding carboxylic acids is 3. The molecule has 6 heteroatoms. The van der Waals surface area contributed by atoms with Gasteiger partial charge in [0.1, 0.15) is 0 Å². The Hall–Kier alpha value is -1.43. The van der Waals surface area contributed by atoms with Crippen LogP contribution >= 0.6 is 0 Å². The summed E-state index contributed by atoms with van der Waals surface area (Å²) in [6.07, 6.45) is -0.206. The van der Waals surface area contributed by atoms with Gasteiger partial charge in [-0.25, -0.2) is 4.79 Å². The third kappa shape index (κ3) is 4.52. The summed E-state index contributed by atoms with van der Waals surface area (Å²) in [7, 11) is 0. The molecule has 1 unspecified atom stereocenters. The zero-order valence-corrected chi connectivity index (χ0v) is 10.4. The average molecular weight is 245 g/mol. The van der Waals surface area contributed by atoms with E-state index < -0.39 is 23.3 Å². The van der Waals surface area contributed by atoms with E-state index in [2.05, 4.69) is 0 Å². The van der Waals surface area contributed by atoms with Crippen LogP contribution in [-0.4, -0.2) is 36.5 Å². The van der Waals surface area contributed by atoms with E-state index in [1.807, 2.05) is 0 Å². The first-order chi connectivity index (χ1) is 7.88. The van der Waals surface area contributed by atoms with Gasteiger partial charge in [0.05, 0.1) is 13.2 Å². The topological polar surface area (TPSA) is 95.7 Å². The van der Waals surface area contributed by atoms with Gasteiger partial charge in [0, 0.05) is 6.42 Å². The zero-order chi connectivity index (χ0) is 13.5. The molecule has 0 fully saturated rings. The van der Waals surface area contributed by atoms with E-state index in [1.165, 1.54) is 6.92 Å². The van der Waals surface area contributed by atoms with Crippen molar-refractivity contribution in [3.63, 3.8) is 0 Å². The average Bonchev–Trinajstić information content (AvgIpc) is 2.26. The normalized spacial score (nSPS) is 13.6. The molecule has 0 aromatic heterocycles. The second-order valence-corrected chi connectivity index (χ2v) is 3.55. The fourth-order valence-corrected chi connectivity index (χ4v) is 1.21. The second-order valence-electron chi connectivity index (χ2n) is 3.55. The van der Waals surface area contributed by atoms with E-state index in [0.29, 0.717) is 0 Å². The molecule has 0 aromatic carbocycles. The summed E-state index contributed by atoms with van der Waals surface area (Å²) >= 11 is 0. The van der Waals surface area contributed by atoms with Crippen LogP contribution in [0.4, 0.5) is 0 Å². The quantitative estimate of drug-likeness (QED) is 0.507. The Morgan fingerprint density at radius 3 is 2.06 bits per heavy atom. The second kappa shape index (κ2) is 7.01. The minimum absolute atomic E-state index is 0.0945. The van der Waals surface area contributed by atoms with E-state index in [1.54, 1.807) is 13.8 Å². The van der Waals surface area contributed by atoms with Gasteiger partial charge in [-0.3, -0.25) is 9.59 Å². The SMILES string of the molecule is CCOC(=O)CCC(N)(C(C)=O)C(=O)OCC. The number of hydrogen-bond donors (Lipinski definition) is 1. The molecule has 0 bridgehead atoms. The summed E-state index contributed by atoms with van der Waals surface area (Å²) in [6.45, 7) is 4.86. The maximum absolute atomic E-state index is 11.6. The van der Waals surface area contributed by atoms with Crippen molar-refractivity contribution in [3.05, 3.63) is 0 Å². The number of Topliss-reactive ketones (excluding diaryl/α,β-unsaturated/α-hetero) is 1. The van der Waals surface area contributed by atoms with E-state index >= 15 is 0 Å². The number of rotatable bonds is 7. The molecule has 98 valence electrons. The highest BCUT2D eigenvalue weighted by atomic mass is 16.5. The molecule has 6 nitrogen and oxygen atoms in total. The van der Waals surface area contributed by atoms with Gasteiger partial charge in [-0.15, -0.1) is 0 Å². The summed E-state index contributed by atoms with van der Waals surface area (Å²) in [5, 5.41) is 0. The first kappa shape index (κ1) is 15.6. The molecule has 1 atom stereocenters. The number of carbonyl (C=O) groups is 3. The van der Waals surface area contributed by atoms with Gasteiger partial charge in [0.2, 0.25) is 0 Å². The van der Waals surface area contributed by atoms with Crippen molar-refractivity contribution in [2.75, 3.05) is 13.2 Å². The number of ether oxygens (including phenoxy) is 2. The highest BCUT2D eigenvalue weighted by molar-refractivity contribution is 6.07. The Bertz CT molecular complexity index is 302. The van der Waals surface area contributed by atoms with Crippen molar-refractivity contribution in [2.45, 2.75) is 39.2 Å². The van der Waals surface area contributed by atoms with Crippen LogP contribution in [0.25, 0.3) is 0 Å². The van der Waals surface area contributed by atoms with Crippen LogP contribution in [0.1, 0.15) is 33.6 Å². The van der Waals surface area contributed by atoms with E-state index in [9.17, 15) is 14.4 Å². The molecule has 0 heterocycles. The van der Waals surface area contributed by atoms with Crippen molar-refractivity contribution in [1.82, 2.24) is 0 Å². The number of nitrogens with two attached hydrogens (primary N) is 1. The Kier molecular flexibility index (Phi) is 6.42. The maximum atomic E-state index is 11.6. The van der Waals surface area contributed by atoms with E-state index in [4.69, 9.17) is 15.2 Å². The fraction of sp³-hybridized carbons (Fsp3) is 0.727. The van der Waals surface area contributed by atoms with Gasteiger partial charge in [-0.05, 0) is 27.2 Å². The van der Waals surface area contributed by atoms with Crippen LogP contribution in [-0.2, 0) is 23.9 Å². The van der Waals surface area contributed by atoms with Gasteiger partial charge < -0.3 is 15.2 Å². The van der Waals surface area contributed by atoms with Crippen LogP contribution in [0.2, 0.25) is 0 Å². The number of esters is 2. The predicted octanol–water partition coefficient (Wildman–Crippen LogP) is 0.179. The van der Waals surface area contributed by atoms with E-state index in [-0.39, 0.29) is 26.1 Å². The minimum atomic E-state index is -1.76. The lowest BCUT2D eigenvalue weighted by Gasteiger charge is -2.23. The summed E-state index contributed by atoms with van der Waals surface area (Å²) in [4.78, 5) is 34.1. The first-order valence-electron chi connectivity index (χ1n) is 5.51. The lowest BCUT2D eigenvalue weighted by atomic mass is 9.90. The van der Waals surface area contributed by atoms with Gasteiger partial charge in [-0.2, -0.15) is 0 Å². The molecule has 0 aromatic rings. The Labute approximate surface area is 100 Å². The summed E-state index contributed by atoms with van der Waals surface area (Å²) in [5.74, 6) is -1.83. The minimum Gasteiger partial charge on any atom is -0.466 e. The van der Waals surface area contributed by atoms with Crippen molar-refractivity contribution in [2.24, 2.45) is 5.73 Å². The lowest BCUT2D eigenvalue weighted by molar-refractivity contribution is -0.154. The summed E-state index contributed by atoms with van der Waals surface area (Å²) in [6, 6.07) is 0. The van der Waals surface area contributed by atoms with Crippen LogP contribution < -0.4 is 5.73 Å². The van der Waals surface area contributed by atoms with Crippen LogP contribution in [0, 0.1) is 0 Å². The van der Waals surface area contributed by atoms with Crippen molar-refractivity contribution < 1.29 is 23.9 Å². The number of ketones is 1. The highest BCUT2D eigenvalue weighted by Gasteiger charge is 2.40. The maximum Gasteiger partial charge on any atom is 0.333 e. The van der Waals surface area contributed by atoms with E-state index in [0.717, 1.165) is 0 Å². The fourth-order valence-electron chi connectivity index (χ4n) is 1.21. The van der Waals surface area contributed by atoms with Crippen molar-refractivity contribution in [1.29, 1.82) is 0 Å². The molecular formula is C11H19NO5. The van der Waals surface area contributed by atoms with Gasteiger partial charge >= 0.3 is 11.9 Å². The molecule has 0 aliphatic carbocycles. The van der Waals surface area contributed by atoms with Crippen molar-refractivity contribution in [3.8, 4) is 0 Å². The van der Waals surface area contributed by atoms with Crippen LogP contribution in [0.3, 0.4) is 0 Å². The Morgan fingerprint density at radius 1 is 1.12 bits per heavy atom. The predicted molar refractivity (Wildman–Crippen MR) is 60.1 cm³/mol. The molecule has 17 heavy (non-hydrogen) atoms. The molecule has 0 rings (SSSR count). The first-order valence-corrected chi connectivity index (χ1v) is 5.51. The smallest absolute Gasteiger partial charge is 0.333 e. The molecule has 2 N–H and O–H groups in total. The molecule has 0 aliphatic rings. The third-order valence-corrected chi connectivity index (χ3v) is 2.30. The monoisotopic (exact) mass is 245 g/mol. The Balaban J connectivity index is 4.57. The third-order valence-electron chi connectivity index (χ3n) is 2.30. The molecule has 0 amide bonds. The van der Waals surface area contributed by atoms with Crippen LogP contribution in [0.15, 0.2) is 0 Å². The number of hydrogen-bond acceptors (Lipinski definition) is 6. The van der Waals surface area contributed by atoms with Gasteiger partial charge in [0.15, 0.2) is 11.3 Å². The van der Waals surface area contributed by atoms with Crippen molar-refractivity contribution >= 4 is 17.7 Å². The largest absolute Gasteiger partial charge is 0.466 e. The molecule has 0 aliphatic heterocycles. The molecule has 0 saturated heterocycles. The van der Waals surface area contributed by atoms with Gasteiger partial charge in [-0.1, -0.05) is 0 Å². The van der Waals surface area contributed by atoms with Gasteiger partial charge in [0.25, 0.3) is 0 Å². The summed E-state index contributed by atoms with van der Waals surface area (Å²) < 4.78 is 9.42.